The van der Waals surface area contributed by atoms with Gasteiger partial charge in [-0.05, 0) is 53.3 Å². The summed E-state index contributed by atoms with van der Waals surface area (Å²) in [5.74, 6) is 0.294. The van der Waals surface area contributed by atoms with E-state index in [0.29, 0.717) is 23.9 Å². The lowest BCUT2D eigenvalue weighted by Gasteiger charge is -2.19. The van der Waals surface area contributed by atoms with Crippen LogP contribution in [0.15, 0.2) is 47.4 Å². The Balaban J connectivity index is 1.78. The first kappa shape index (κ1) is 22.5. The summed E-state index contributed by atoms with van der Waals surface area (Å²) in [7, 11) is -3.28. The Kier molecular flexibility index (Phi) is 6.95. The first-order valence-corrected chi connectivity index (χ1v) is 12.0. The molecule has 2 aromatic rings. The molecule has 0 aromatic heterocycles. The quantitative estimate of drug-likeness (QED) is 0.598. The van der Waals surface area contributed by atoms with E-state index in [2.05, 4.69) is 24.5 Å². The fourth-order valence-electron chi connectivity index (χ4n) is 3.90. The van der Waals surface area contributed by atoms with E-state index in [9.17, 15) is 18.3 Å². The fourth-order valence-corrected chi connectivity index (χ4v) is 4.78. The predicted octanol–water partition coefficient (Wildman–Crippen LogP) is 3.13. The van der Waals surface area contributed by atoms with Crippen LogP contribution in [0.3, 0.4) is 0 Å². The number of benzene rings is 2. The highest BCUT2D eigenvalue weighted by molar-refractivity contribution is 7.91. The number of amides is 1. The minimum Gasteiger partial charge on any atom is -0.396 e. The van der Waals surface area contributed by atoms with Crippen molar-refractivity contribution in [2.45, 2.75) is 50.7 Å². The van der Waals surface area contributed by atoms with Gasteiger partial charge in [0.15, 0.2) is 9.84 Å². The highest BCUT2D eigenvalue weighted by Crippen LogP contribution is 2.31. The number of carbonyl (C=O) groups excluding carboxylic acids is 1. The maximum absolute atomic E-state index is 12.9. The summed E-state index contributed by atoms with van der Waals surface area (Å²) in [4.78, 5) is 13.1. The van der Waals surface area contributed by atoms with Gasteiger partial charge in [0.1, 0.15) is 0 Å². The predicted molar refractivity (Wildman–Crippen MR) is 117 cm³/mol. The lowest BCUT2D eigenvalue weighted by Crippen LogP contribution is -2.29. The fraction of sp³-hybridized carbons (Fsp3) is 0.435. The van der Waals surface area contributed by atoms with Crippen LogP contribution in [0, 0.1) is 5.92 Å². The summed E-state index contributed by atoms with van der Waals surface area (Å²) in [6.45, 7) is 6.60. The first-order chi connectivity index (χ1) is 14.3. The Morgan fingerprint density at radius 1 is 1.20 bits per heavy atom. The standard InChI is InChI=1S/C23H30N2O4S/c1-4-30(28,29)19-8-5-16(6-9-19)21(11-12-26)25-23(27)17-7-10-20-18(13-17)14-24-22(20)15(2)3/h5-10,13,15,21-22,24,26H,4,11-12,14H2,1-3H3,(H,25,27)/t21-,22?/m0/s1. The number of aliphatic hydroxyl groups is 1. The Labute approximate surface area is 178 Å². The molecule has 162 valence electrons. The van der Waals surface area contributed by atoms with Crippen LogP contribution in [0.5, 0.6) is 0 Å². The first-order valence-electron chi connectivity index (χ1n) is 10.4. The van der Waals surface area contributed by atoms with Crippen LogP contribution < -0.4 is 10.6 Å². The Hall–Kier alpha value is -2.22. The van der Waals surface area contributed by atoms with Crippen molar-refractivity contribution in [2.75, 3.05) is 12.4 Å². The van der Waals surface area contributed by atoms with E-state index in [1.165, 1.54) is 5.56 Å². The summed E-state index contributed by atoms with van der Waals surface area (Å²) >= 11 is 0. The molecule has 1 amide bonds. The van der Waals surface area contributed by atoms with Gasteiger partial charge in [0.05, 0.1) is 16.7 Å². The van der Waals surface area contributed by atoms with Gasteiger partial charge in [0, 0.05) is 24.8 Å². The van der Waals surface area contributed by atoms with Crippen molar-refractivity contribution >= 4 is 15.7 Å². The molecule has 1 heterocycles. The molecule has 0 radical (unpaired) electrons. The topological polar surface area (TPSA) is 95.5 Å². The van der Waals surface area contributed by atoms with Crippen LogP contribution in [-0.4, -0.2) is 31.8 Å². The maximum atomic E-state index is 12.9. The summed E-state index contributed by atoms with van der Waals surface area (Å²) in [5.41, 5.74) is 3.71. The second-order valence-corrected chi connectivity index (χ2v) is 10.3. The number of nitrogens with one attached hydrogen (secondary N) is 2. The van der Waals surface area contributed by atoms with E-state index in [4.69, 9.17) is 0 Å². The summed E-state index contributed by atoms with van der Waals surface area (Å²) < 4.78 is 24.0. The van der Waals surface area contributed by atoms with Gasteiger partial charge in [0.25, 0.3) is 5.91 Å². The molecule has 1 aliphatic rings. The molecule has 0 fully saturated rings. The molecule has 0 aliphatic carbocycles. The van der Waals surface area contributed by atoms with Gasteiger partial charge in [-0.1, -0.05) is 39.0 Å². The number of carbonyl (C=O) groups is 1. The van der Waals surface area contributed by atoms with E-state index in [1.54, 1.807) is 31.2 Å². The lowest BCUT2D eigenvalue weighted by atomic mass is 9.94. The SMILES string of the molecule is CCS(=O)(=O)c1ccc([C@H](CCO)NC(=O)c2ccc3c(c2)CNC3C(C)C)cc1. The van der Waals surface area contributed by atoms with Crippen LogP contribution in [0.25, 0.3) is 0 Å². The van der Waals surface area contributed by atoms with Crippen LogP contribution in [-0.2, 0) is 16.4 Å². The number of hydrogen-bond acceptors (Lipinski definition) is 5. The highest BCUT2D eigenvalue weighted by Gasteiger charge is 2.25. The van der Waals surface area contributed by atoms with Crippen LogP contribution in [0.2, 0.25) is 0 Å². The second-order valence-electron chi connectivity index (χ2n) is 8.03. The molecule has 0 saturated heterocycles. The molecular weight excluding hydrogens is 400 g/mol. The van der Waals surface area contributed by atoms with Gasteiger partial charge in [-0.3, -0.25) is 4.79 Å². The second kappa shape index (κ2) is 9.29. The zero-order chi connectivity index (χ0) is 21.9. The largest absolute Gasteiger partial charge is 0.396 e. The van der Waals surface area contributed by atoms with Crippen molar-refractivity contribution < 1.29 is 18.3 Å². The maximum Gasteiger partial charge on any atom is 0.251 e. The number of sulfone groups is 1. The molecule has 2 atom stereocenters. The van der Waals surface area contributed by atoms with Gasteiger partial charge < -0.3 is 15.7 Å². The van der Waals surface area contributed by atoms with Crippen molar-refractivity contribution in [2.24, 2.45) is 5.92 Å². The number of rotatable bonds is 8. The Morgan fingerprint density at radius 2 is 1.90 bits per heavy atom. The van der Waals surface area contributed by atoms with Crippen molar-refractivity contribution in [1.82, 2.24) is 10.6 Å². The molecule has 1 aliphatic heterocycles. The van der Waals surface area contributed by atoms with E-state index in [-0.39, 0.29) is 23.2 Å². The van der Waals surface area contributed by atoms with Gasteiger partial charge in [0.2, 0.25) is 0 Å². The van der Waals surface area contributed by atoms with Crippen LogP contribution >= 0.6 is 0 Å². The molecule has 0 bridgehead atoms. The minimum absolute atomic E-state index is 0.0357. The molecule has 3 N–H and O–H groups in total. The number of hydrogen-bond donors (Lipinski definition) is 3. The van der Waals surface area contributed by atoms with Crippen molar-refractivity contribution in [3.63, 3.8) is 0 Å². The average Bonchev–Trinajstić information content (AvgIpc) is 3.17. The smallest absolute Gasteiger partial charge is 0.251 e. The van der Waals surface area contributed by atoms with Crippen LogP contribution in [0.1, 0.15) is 66.3 Å². The normalized spacial score (nSPS) is 17.0. The van der Waals surface area contributed by atoms with E-state index in [1.807, 2.05) is 18.2 Å². The lowest BCUT2D eigenvalue weighted by molar-refractivity contribution is 0.0930. The highest BCUT2D eigenvalue weighted by atomic mass is 32.2. The van der Waals surface area contributed by atoms with E-state index in [0.717, 1.165) is 17.7 Å². The van der Waals surface area contributed by atoms with Gasteiger partial charge in [-0.25, -0.2) is 8.42 Å². The van der Waals surface area contributed by atoms with E-state index < -0.39 is 15.9 Å². The van der Waals surface area contributed by atoms with Crippen molar-refractivity contribution in [1.29, 1.82) is 0 Å². The summed E-state index contributed by atoms with van der Waals surface area (Å²) in [6.07, 6.45) is 0.341. The van der Waals surface area contributed by atoms with Crippen molar-refractivity contribution in [3.05, 3.63) is 64.7 Å². The zero-order valence-corrected chi connectivity index (χ0v) is 18.5. The molecular formula is C23H30N2O4S. The average molecular weight is 431 g/mol. The van der Waals surface area contributed by atoms with Gasteiger partial charge in [-0.2, -0.15) is 0 Å². The Morgan fingerprint density at radius 3 is 2.50 bits per heavy atom. The van der Waals surface area contributed by atoms with E-state index >= 15 is 0 Å². The molecule has 30 heavy (non-hydrogen) atoms. The third kappa shape index (κ3) is 4.74. The molecule has 6 nitrogen and oxygen atoms in total. The number of fused-ring (bicyclic) bond motifs is 1. The van der Waals surface area contributed by atoms with Crippen LogP contribution in [0.4, 0.5) is 0 Å². The Bertz CT molecular complexity index is 1000. The monoisotopic (exact) mass is 430 g/mol. The molecule has 0 spiro atoms. The molecule has 0 saturated carbocycles. The summed E-state index contributed by atoms with van der Waals surface area (Å²) in [6, 6.07) is 12.2. The zero-order valence-electron chi connectivity index (χ0n) is 17.7. The van der Waals surface area contributed by atoms with Gasteiger partial charge >= 0.3 is 0 Å². The minimum atomic E-state index is -3.28. The molecule has 3 rings (SSSR count). The van der Waals surface area contributed by atoms with Crippen molar-refractivity contribution in [3.8, 4) is 0 Å². The third-order valence-corrected chi connectivity index (χ3v) is 7.41. The third-order valence-electron chi connectivity index (χ3n) is 5.66. The molecule has 1 unspecified atom stereocenters. The molecule has 7 heteroatoms. The van der Waals surface area contributed by atoms with Gasteiger partial charge in [-0.15, -0.1) is 0 Å². The number of aliphatic hydroxyl groups excluding tert-OH is 1. The summed E-state index contributed by atoms with van der Waals surface area (Å²) in [5, 5.41) is 15.9. The molecule has 2 aromatic carbocycles.